The second kappa shape index (κ2) is 10.1. The van der Waals surface area contributed by atoms with Gasteiger partial charge in [0.15, 0.2) is 6.61 Å². The van der Waals surface area contributed by atoms with Gasteiger partial charge in [-0.3, -0.25) is 9.59 Å². The Morgan fingerprint density at radius 2 is 1.59 bits per heavy atom. The first kappa shape index (κ1) is 20.2. The van der Waals surface area contributed by atoms with Gasteiger partial charge in [0, 0.05) is 20.1 Å². The molecule has 0 aromatic heterocycles. The minimum atomic E-state index is -0.696. The highest BCUT2D eigenvalue weighted by atomic mass is 16.5. The molecule has 0 radical (unpaired) electrons. The normalized spacial score (nSPS) is 10.1. The number of nitrogens with one attached hydrogen (secondary N) is 1. The first-order valence-corrected chi connectivity index (χ1v) is 8.85. The molecule has 0 saturated carbocycles. The topological polar surface area (TPSA) is 75.7 Å². The predicted octanol–water partition coefficient (Wildman–Crippen LogP) is 2.64. The summed E-state index contributed by atoms with van der Waals surface area (Å²) in [5, 5.41) is 2.63. The zero-order chi connectivity index (χ0) is 19.6. The molecule has 2 aromatic carbocycles. The van der Waals surface area contributed by atoms with E-state index in [-0.39, 0.29) is 29.5 Å². The van der Waals surface area contributed by atoms with Crippen LogP contribution >= 0.6 is 0 Å². The summed E-state index contributed by atoms with van der Waals surface area (Å²) in [7, 11) is 1.68. The fraction of sp³-hybridized carbons (Fsp3) is 0.286. The van der Waals surface area contributed by atoms with Gasteiger partial charge in [0.2, 0.25) is 0 Å². The lowest BCUT2D eigenvalue weighted by Crippen LogP contribution is -2.30. The summed E-state index contributed by atoms with van der Waals surface area (Å²) in [5.74, 6) is -1.35. The fourth-order valence-electron chi connectivity index (χ4n) is 2.51. The van der Waals surface area contributed by atoms with Crippen molar-refractivity contribution in [1.29, 1.82) is 0 Å². The molecule has 0 bridgehead atoms. The number of carbonyl (C=O) groups excluding carboxylic acids is 3. The van der Waals surface area contributed by atoms with Gasteiger partial charge < -0.3 is 15.0 Å². The summed E-state index contributed by atoms with van der Waals surface area (Å²) in [6, 6.07) is 16.0. The van der Waals surface area contributed by atoms with Crippen molar-refractivity contribution in [2.75, 3.05) is 20.2 Å². The molecule has 0 aliphatic heterocycles. The van der Waals surface area contributed by atoms with Crippen LogP contribution in [0.15, 0.2) is 54.6 Å². The first-order chi connectivity index (χ1) is 13.0. The zero-order valence-electron chi connectivity index (χ0n) is 15.6. The molecule has 0 atom stereocenters. The van der Waals surface area contributed by atoms with Crippen molar-refractivity contribution in [2.45, 2.75) is 19.9 Å². The van der Waals surface area contributed by atoms with E-state index in [1.807, 2.05) is 37.3 Å². The van der Waals surface area contributed by atoms with Crippen molar-refractivity contribution >= 4 is 17.8 Å². The fourth-order valence-corrected chi connectivity index (χ4v) is 2.51. The molecule has 0 spiro atoms. The van der Waals surface area contributed by atoms with E-state index in [0.717, 1.165) is 12.0 Å². The van der Waals surface area contributed by atoms with Crippen molar-refractivity contribution in [1.82, 2.24) is 10.2 Å². The number of rotatable bonds is 8. The Bertz CT molecular complexity index is 790. The van der Waals surface area contributed by atoms with Crippen molar-refractivity contribution in [3.8, 4) is 0 Å². The van der Waals surface area contributed by atoms with Gasteiger partial charge in [0.05, 0.1) is 11.1 Å². The molecule has 27 heavy (non-hydrogen) atoms. The van der Waals surface area contributed by atoms with Crippen LogP contribution in [-0.2, 0) is 16.1 Å². The molecular weight excluding hydrogens is 344 g/mol. The summed E-state index contributed by atoms with van der Waals surface area (Å²) < 4.78 is 5.05. The highest BCUT2D eigenvalue weighted by molar-refractivity contribution is 6.05. The summed E-state index contributed by atoms with van der Waals surface area (Å²) in [6.45, 7) is 2.50. The number of ether oxygens (including phenoxy) is 1. The quantitative estimate of drug-likeness (QED) is 0.727. The Labute approximate surface area is 159 Å². The zero-order valence-corrected chi connectivity index (χ0v) is 15.6. The molecule has 6 heteroatoms. The van der Waals surface area contributed by atoms with Crippen LogP contribution in [0.4, 0.5) is 0 Å². The summed E-state index contributed by atoms with van der Waals surface area (Å²) in [5.41, 5.74) is 1.38. The largest absolute Gasteiger partial charge is 0.452 e. The highest BCUT2D eigenvalue weighted by Crippen LogP contribution is 2.14. The number of benzene rings is 2. The third kappa shape index (κ3) is 5.95. The third-order valence-electron chi connectivity index (χ3n) is 3.89. The van der Waals surface area contributed by atoms with Crippen LogP contribution in [0.5, 0.6) is 0 Å². The second-order valence-electron chi connectivity index (χ2n) is 6.12. The van der Waals surface area contributed by atoms with E-state index >= 15 is 0 Å². The number of hydrogen-bond acceptors (Lipinski definition) is 4. The SMILES string of the molecule is CCCNC(=O)COC(=O)c1ccccc1C(=O)N(C)Cc1ccccc1. The van der Waals surface area contributed by atoms with Crippen LogP contribution in [-0.4, -0.2) is 42.9 Å². The molecular formula is C21H24N2O4. The molecule has 0 saturated heterocycles. The third-order valence-corrected chi connectivity index (χ3v) is 3.89. The van der Waals surface area contributed by atoms with Crippen LogP contribution in [0, 0.1) is 0 Å². The molecule has 0 unspecified atom stereocenters. The standard InChI is InChI=1S/C21H24N2O4/c1-3-13-22-19(24)15-27-21(26)18-12-8-7-11-17(18)20(25)23(2)14-16-9-5-4-6-10-16/h4-12H,3,13-15H2,1-2H3,(H,22,24). The molecule has 0 heterocycles. The molecule has 0 aliphatic rings. The van der Waals surface area contributed by atoms with Crippen LogP contribution in [0.3, 0.4) is 0 Å². The van der Waals surface area contributed by atoms with Crippen LogP contribution in [0.1, 0.15) is 39.6 Å². The van der Waals surface area contributed by atoms with Crippen molar-refractivity contribution < 1.29 is 19.1 Å². The lowest BCUT2D eigenvalue weighted by molar-refractivity contribution is -0.124. The maximum Gasteiger partial charge on any atom is 0.339 e. The summed E-state index contributed by atoms with van der Waals surface area (Å²) in [4.78, 5) is 38.3. The lowest BCUT2D eigenvalue weighted by Gasteiger charge is -2.19. The molecule has 2 amide bonds. The molecule has 142 valence electrons. The van der Waals surface area contributed by atoms with Gasteiger partial charge in [-0.25, -0.2) is 4.79 Å². The van der Waals surface area contributed by atoms with Gasteiger partial charge in [-0.2, -0.15) is 0 Å². The smallest absolute Gasteiger partial charge is 0.339 e. The Kier molecular flexibility index (Phi) is 7.55. The van der Waals surface area contributed by atoms with Crippen molar-refractivity contribution in [3.05, 3.63) is 71.3 Å². The van der Waals surface area contributed by atoms with Crippen molar-refractivity contribution in [3.63, 3.8) is 0 Å². The van der Waals surface area contributed by atoms with Crippen LogP contribution < -0.4 is 5.32 Å². The Morgan fingerprint density at radius 1 is 0.963 bits per heavy atom. The molecule has 6 nitrogen and oxygen atoms in total. The highest BCUT2D eigenvalue weighted by Gasteiger charge is 2.21. The van der Waals surface area contributed by atoms with Crippen molar-refractivity contribution in [2.24, 2.45) is 0 Å². The first-order valence-electron chi connectivity index (χ1n) is 8.85. The molecule has 0 aliphatic carbocycles. The number of hydrogen-bond donors (Lipinski definition) is 1. The van der Waals surface area contributed by atoms with Crippen LogP contribution in [0.25, 0.3) is 0 Å². The van der Waals surface area contributed by atoms with Gasteiger partial charge in [0.25, 0.3) is 11.8 Å². The number of nitrogens with zero attached hydrogens (tertiary/aromatic N) is 1. The van der Waals surface area contributed by atoms with E-state index in [2.05, 4.69) is 5.32 Å². The molecule has 2 rings (SSSR count). The van der Waals surface area contributed by atoms with E-state index in [0.29, 0.717) is 13.1 Å². The van der Waals surface area contributed by atoms with E-state index in [9.17, 15) is 14.4 Å². The molecule has 2 aromatic rings. The van der Waals surface area contributed by atoms with Gasteiger partial charge in [-0.05, 0) is 24.1 Å². The average Bonchev–Trinajstić information content (AvgIpc) is 2.70. The summed E-state index contributed by atoms with van der Waals surface area (Å²) in [6.07, 6.45) is 0.796. The number of carbonyl (C=O) groups is 3. The maximum absolute atomic E-state index is 12.8. The number of amides is 2. The second-order valence-corrected chi connectivity index (χ2v) is 6.12. The monoisotopic (exact) mass is 368 g/mol. The maximum atomic E-state index is 12.8. The van der Waals surface area contributed by atoms with Gasteiger partial charge in [0.1, 0.15) is 0 Å². The van der Waals surface area contributed by atoms with E-state index in [1.54, 1.807) is 25.2 Å². The van der Waals surface area contributed by atoms with E-state index in [4.69, 9.17) is 4.74 Å². The number of esters is 1. The Hall–Kier alpha value is -3.15. The minimum Gasteiger partial charge on any atom is -0.452 e. The Balaban J connectivity index is 2.06. The lowest BCUT2D eigenvalue weighted by atomic mass is 10.1. The Morgan fingerprint density at radius 3 is 2.26 bits per heavy atom. The van der Waals surface area contributed by atoms with Gasteiger partial charge >= 0.3 is 5.97 Å². The van der Waals surface area contributed by atoms with Gasteiger partial charge in [-0.1, -0.05) is 49.4 Å². The predicted molar refractivity (Wildman–Crippen MR) is 102 cm³/mol. The van der Waals surface area contributed by atoms with Crippen LogP contribution in [0.2, 0.25) is 0 Å². The summed E-state index contributed by atoms with van der Waals surface area (Å²) >= 11 is 0. The van der Waals surface area contributed by atoms with E-state index < -0.39 is 5.97 Å². The average molecular weight is 368 g/mol. The molecule has 0 fully saturated rings. The molecule has 1 N–H and O–H groups in total. The minimum absolute atomic E-state index is 0.144. The van der Waals surface area contributed by atoms with E-state index in [1.165, 1.54) is 11.0 Å². The van der Waals surface area contributed by atoms with Gasteiger partial charge in [-0.15, -0.1) is 0 Å².